The second kappa shape index (κ2) is 7.13. The average Bonchev–Trinajstić information content (AvgIpc) is 2.88. The van der Waals surface area contributed by atoms with E-state index in [-0.39, 0.29) is 17.4 Å². The summed E-state index contributed by atoms with van der Waals surface area (Å²) in [6.45, 7) is 6.81. The summed E-state index contributed by atoms with van der Waals surface area (Å²) in [5.74, 6) is 1.08. The molecule has 1 unspecified atom stereocenters. The van der Waals surface area contributed by atoms with Crippen LogP contribution in [0.15, 0.2) is 0 Å². The van der Waals surface area contributed by atoms with Crippen molar-refractivity contribution >= 4 is 5.91 Å². The summed E-state index contributed by atoms with van der Waals surface area (Å²) in [6.07, 6.45) is 8.15. The topological polar surface area (TPSA) is 55.1 Å². The molecule has 0 aliphatic heterocycles. The molecule has 1 rings (SSSR count). The highest BCUT2D eigenvalue weighted by Crippen LogP contribution is 2.30. The lowest BCUT2D eigenvalue weighted by Crippen LogP contribution is -2.50. The van der Waals surface area contributed by atoms with Crippen molar-refractivity contribution in [3.05, 3.63) is 0 Å². The standard InChI is InChI=1S/C15H30N2O/c1-4-15(16,5-2)11-17-14(18)12(3)10-13-8-6-7-9-13/h12-13H,4-11,16H2,1-3H3,(H,17,18). The van der Waals surface area contributed by atoms with Crippen LogP contribution in [0.25, 0.3) is 0 Å². The van der Waals surface area contributed by atoms with Crippen LogP contribution in [-0.4, -0.2) is 18.0 Å². The maximum atomic E-state index is 12.0. The minimum Gasteiger partial charge on any atom is -0.354 e. The zero-order valence-electron chi connectivity index (χ0n) is 12.3. The van der Waals surface area contributed by atoms with Crippen molar-refractivity contribution in [2.45, 2.75) is 71.3 Å². The van der Waals surface area contributed by atoms with Gasteiger partial charge in [0, 0.05) is 18.0 Å². The maximum Gasteiger partial charge on any atom is 0.222 e. The lowest BCUT2D eigenvalue weighted by atomic mass is 9.92. The number of rotatable bonds is 7. The van der Waals surface area contributed by atoms with Gasteiger partial charge in [0.1, 0.15) is 0 Å². The molecule has 0 aromatic heterocycles. The van der Waals surface area contributed by atoms with E-state index < -0.39 is 0 Å². The van der Waals surface area contributed by atoms with Crippen LogP contribution in [-0.2, 0) is 4.79 Å². The smallest absolute Gasteiger partial charge is 0.222 e. The molecule has 0 heterocycles. The Morgan fingerprint density at radius 1 is 1.33 bits per heavy atom. The second-order valence-electron chi connectivity index (χ2n) is 6.07. The first-order valence-electron chi connectivity index (χ1n) is 7.57. The van der Waals surface area contributed by atoms with E-state index >= 15 is 0 Å². The summed E-state index contributed by atoms with van der Waals surface area (Å²) in [4.78, 5) is 12.0. The molecular weight excluding hydrogens is 224 g/mol. The Kier molecular flexibility index (Phi) is 6.13. The Morgan fingerprint density at radius 3 is 2.39 bits per heavy atom. The summed E-state index contributed by atoms with van der Waals surface area (Å²) in [5, 5.41) is 3.03. The van der Waals surface area contributed by atoms with Crippen molar-refractivity contribution in [3.63, 3.8) is 0 Å². The summed E-state index contributed by atoms with van der Waals surface area (Å²) < 4.78 is 0. The molecule has 18 heavy (non-hydrogen) atoms. The molecule has 3 N–H and O–H groups in total. The van der Waals surface area contributed by atoms with Crippen molar-refractivity contribution in [2.75, 3.05) is 6.54 Å². The summed E-state index contributed by atoms with van der Waals surface area (Å²) in [7, 11) is 0. The van der Waals surface area contributed by atoms with Crippen LogP contribution in [0.1, 0.15) is 65.7 Å². The molecule has 1 aliphatic rings. The first-order valence-corrected chi connectivity index (χ1v) is 7.57. The molecule has 0 radical (unpaired) electrons. The van der Waals surface area contributed by atoms with Crippen LogP contribution < -0.4 is 11.1 Å². The molecule has 0 saturated heterocycles. The number of nitrogens with one attached hydrogen (secondary N) is 1. The van der Waals surface area contributed by atoms with Crippen molar-refractivity contribution in [3.8, 4) is 0 Å². The van der Waals surface area contributed by atoms with Gasteiger partial charge in [0.25, 0.3) is 0 Å². The molecule has 1 fully saturated rings. The van der Waals surface area contributed by atoms with E-state index in [0.717, 1.165) is 25.2 Å². The van der Waals surface area contributed by atoms with Crippen LogP contribution in [0.3, 0.4) is 0 Å². The van der Waals surface area contributed by atoms with Crippen molar-refractivity contribution in [2.24, 2.45) is 17.6 Å². The van der Waals surface area contributed by atoms with E-state index in [0.29, 0.717) is 6.54 Å². The summed E-state index contributed by atoms with van der Waals surface area (Å²) in [5.41, 5.74) is 5.96. The fraction of sp³-hybridized carbons (Fsp3) is 0.933. The van der Waals surface area contributed by atoms with Gasteiger partial charge in [-0.25, -0.2) is 0 Å². The van der Waals surface area contributed by atoms with E-state index in [4.69, 9.17) is 5.73 Å². The zero-order valence-corrected chi connectivity index (χ0v) is 12.3. The van der Waals surface area contributed by atoms with E-state index in [2.05, 4.69) is 19.2 Å². The molecule has 0 aromatic rings. The third kappa shape index (κ3) is 4.60. The fourth-order valence-corrected chi connectivity index (χ4v) is 2.79. The molecule has 1 aliphatic carbocycles. The van der Waals surface area contributed by atoms with Gasteiger partial charge in [0.15, 0.2) is 0 Å². The van der Waals surface area contributed by atoms with E-state index in [1.165, 1.54) is 25.7 Å². The molecule has 0 aromatic carbocycles. The van der Waals surface area contributed by atoms with E-state index in [1.807, 2.05) is 6.92 Å². The molecule has 0 bridgehead atoms. The Morgan fingerprint density at radius 2 is 1.89 bits per heavy atom. The normalized spacial score (nSPS) is 18.9. The van der Waals surface area contributed by atoms with E-state index in [9.17, 15) is 4.79 Å². The van der Waals surface area contributed by atoms with E-state index in [1.54, 1.807) is 0 Å². The molecule has 0 spiro atoms. The highest BCUT2D eigenvalue weighted by atomic mass is 16.1. The van der Waals surface area contributed by atoms with Gasteiger partial charge in [-0.05, 0) is 25.2 Å². The van der Waals surface area contributed by atoms with Crippen molar-refractivity contribution < 1.29 is 4.79 Å². The Labute approximate surface area is 112 Å². The molecule has 3 nitrogen and oxygen atoms in total. The predicted molar refractivity (Wildman–Crippen MR) is 76.2 cm³/mol. The predicted octanol–water partition coefficient (Wildman–Crippen LogP) is 2.84. The second-order valence-corrected chi connectivity index (χ2v) is 6.07. The largest absolute Gasteiger partial charge is 0.354 e. The van der Waals surface area contributed by atoms with Crippen molar-refractivity contribution in [1.82, 2.24) is 5.32 Å². The highest BCUT2D eigenvalue weighted by molar-refractivity contribution is 5.78. The van der Waals surface area contributed by atoms with Gasteiger partial charge in [-0.3, -0.25) is 4.79 Å². The van der Waals surface area contributed by atoms with Crippen LogP contribution in [0, 0.1) is 11.8 Å². The van der Waals surface area contributed by atoms with Gasteiger partial charge < -0.3 is 11.1 Å². The quantitative estimate of drug-likeness (QED) is 0.734. The SMILES string of the molecule is CCC(N)(CC)CNC(=O)C(C)CC1CCCC1. The van der Waals surface area contributed by atoms with Gasteiger partial charge in [-0.2, -0.15) is 0 Å². The molecule has 1 amide bonds. The van der Waals surface area contributed by atoms with Gasteiger partial charge in [-0.15, -0.1) is 0 Å². The number of hydrogen-bond acceptors (Lipinski definition) is 2. The fourth-order valence-electron chi connectivity index (χ4n) is 2.79. The van der Waals surface area contributed by atoms with Crippen LogP contribution in [0.5, 0.6) is 0 Å². The first kappa shape index (κ1) is 15.5. The van der Waals surface area contributed by atoms with Crippen LogP contribution >= 0.6 is 0 Å². The number of hydrogen-bond donors (Lipinski definition) is 2. The number of carbonyl (C=O) groups is 1. The van der Waals surface area contributed by atoms with Gasteiger partial charge in [0.2, 0.25) is 5.91 Å². The number of carbonyl (C=O) groups excluding carboxylic acids is 1. The minimum absolute atomic E-state index is 0.131. The monoisotopic (exact) mass is 254 g/mol. The average molecular weight is 254 g/mol. The van der Waals surface area contributed by atoms with Gasteiger partial charge in [-0.1, -0.05) is 46.5 Å². The third-order valence-electron chi connectivity index (χ3n) is 4.63. The summed E-state index contributed by atoms with van der Waals surface area (Å²) in [6, 6.07) is 0. The number of nitrogens with two attached hydrogens (primary N) is 1. The third-order valence-corrected chi connectivity index (χ3v) is 4.63. The Hall–Kier alpha value is -0.570. The van der Waals surface area contributed by atoms with Gasteiger partial charge >= 0.3 is 0 Å². The maximum absolute atomic E-state index is 12.0. The number of amides is 1. The molecular formula is C15H30N2O. The van der Waals surface area contributed by atoms with Crippen molar-refractivity contribution in [1.29, 1.82) is 0 Å². The molecule has 1 saturated carbocycles. The lowest BCUT2D eigenvalue weighted by molar-refractivity contribution is -0.125. The Balaban J connectivity index is 2.30. The zero-order chi connectivity index (χ0) is 13.6. The van der Waals surface area contributed by atoms with Gasteiger partial charge in [0.05, 0.1) is 0 Å². The van der Waals surface area contributed by atoms with Crippen LogP contribution in [0.4, 0.5) is 0 Å². The summed E-state index contributed by atoms with van der Waals surface area (Å²) >= 11 is 0. The molecule has 106 valence electrons. The van der Waals surface area contributed by atoms with Crippen LogP contribution in [0.2, 0.25) is 0 Å². The minimum atomic E-state index is -0.233. The molecule has 1 atom stereocenters. The first-order chi connectivity index (χ1) is 8.50. The highest BCUT2D eigenvalue weighted by Gasteiger charge is 2.25. The lowest BCUT2D eigenvalue weighted by Gasteiger charge is -2.27. The molecule has 3 heteroatoms. The Bertz CT molecular complexity index is 255.